The second-order valence-corrected chi connectivity index (χ2v) is 9.46. The van der Waals surface area contributed by atoms with Gasteiger partial charge in [-0.1, -0.05) is 55.5 Å². The largest absolute Gasteiger partial charge is 0.508 e. The molecule has 0 aliphatic carbocycles. The Morgan fingerprint density at radius 3 is 2.31 bits per heavy atom. The molecule has 1 atom stereocenters. The molecule has 1 unspecified atom stereocenters. The molecule has 0 heterocycles. The van der Waals surface area contributed by atoms with Crippen molar-refractivity contribution in [1.29, 1.82) is 0 Å². The van der Waals surface area contributed by atoms with E-state index in [1.165, 1.54) is 11.0 Å². The molecule has 3 N–H and O–H groups in total. The summed E-state index contributed by atoms with van der Waals surface area (Å²) in [6.07, 6.45) is -0.169. The van der Waals surface area contributed by atoms with Crippen molar-refractivity contribution in [2.45, 2.75) is 45.8 Å². The van der Waals surface area contributed by atoms with E-state index in [1.54, 1.807) is 45.0 Å². The molecule has 0 saturated carbocycles. The van der Waals surface area contributed by atoms with Crippen LogP contribution >= 0.6 is 0 Å². The first-order valence-electron chi connectivity index (χ1n) is 11.9. The number of rotatable bonds is 8. The zero-order valence-corrected chi connectivity index (χ0v) is 21.1. The number of carbonyl (C=O) groups is 3. The van der Waals surface area contributed by atoms with Crippen LogP contribution in [-0.2, 0) is 14.3 Å². The van der Waals surface area contributed by atoms with E-state index in [9.17, 15) is 19.5 Å². The van der Waals surface area contributed by atoms with E-state index < -0.39 is 29.6 Å². The van der Waals surface area contributed by atoms with Crippen molar-refractivity contribution in [2.24, 2.45) is 0 Å². The van der Waals surface area contributed by atoms with Gasteiger partial charge in [-0.05, 0) is 56.2 Å². The van der Waals surface area contributed by atoms with E-state index in [2.05, 4.69) is 10.6 Å². The number of fused-ring (bicyclic) bond motifs is 1. The van der Waals surface area contributed by atoms with Crippen molar-refractivity contribution in [3.8, 4) is 5.75 Å². The van der Waals surface area contributed by atoms with Gasteiger partial charge in [0.05, 0.1) is 0 Å². The lowest BCUT2D eigenvalue weighted by Gasteiger charge is -2.31. The van der Waals surface area contributed by atoms with Crippen molar-refractivity contribution in [1.82, 2.24) is 10.2 Å². The summed E-state index contributed by atoms with van der Waals surface area (Å²) in [7, 11) is 0. The summed E-state index contributed by atoms with van der Waals surface area (Å²) in [6, 6.07) is 18.6. The minimum absolute atomic E-state index is 0.106. The lowest BCUT2D eigenvalue weighted by molar-refractivity contribution is -0.138. The number of carbonyl (C=O) groups excluding carboxylic acids is 3. The first-order chi connectivity index (χ1) is 17.1. The molecule has 3 aromatic carbocycles. The number of hydrogen-bond donors (Lipinski definition) is 3. The average Bonchev–Trinajstić information content (AvgIpc) is 2.82. The van der Waals surface area contributed by atoms with Crippen molar-refractivity contribution in [3.05, 3.63) is 72.3 Å². The van der Waals surface area contributed by atoms with Gasteiger partial charge < -0.3 is 25.4 Å². The zero-order valence-electron chi connectivity index (χ0n) is 21.1. The molecule has 0 saturated heterocycles. The summed E-state index contributed by atoms with van der Waals surface area (Å²) >= 11 is 0. The summed E-state index contributed by atoms with van der Waals surface area (Å²) in [5.41, 5.74) is 0.138. The normalized spacial score (nSPS) is 12.0. The van der Waals surface area contributed by atoms with Crippen LogP contribution in [0.4, 0.5) is 10.5 Å². The first-order valence-corrected chi connectivity index (χ1v) is 11.9. The number of para-hydroxylation sites is 1. The fraction of sp³-hybridized carbons (Fsp3) is 0.321. The Morgan fingerprint density at radius 1 is 0.972 bits per heavy atom. The summed E-state index contributed by atoms with van der Waals surface area (Å²) in [6.45, 7) is 6.93. The average molecular weight is 492 g/mol. The summed E-state index contributed by atoms with van der Waals surface area (Å²) in [5.74, 6) is -1.07. The molecular weight excluding hydrogens is 458 g/mol. The van der Waals surface area contributed by atoms with Gasteiger partial charge in [-0.25, -0.2) is 4.79 Å². The van der Waals surface area contributed by atoms with Gasteiger partial charge in [0.2, 0.25) is 5.91 Å². The van der Waals surface area contributed by atoms with E-state index in [0.29, 0.717) is 12.1 Å². The van der Waals surface area contributed by atoms with Crippen LogP contribution in [-0.4, -0.2) is 46.6 Å². The maximum Gasteiger partial charge on any atom is 0.408 e. The molecule has 0 radical (unpaired) electrons. The number of amides is 3. The van der Waals surface area contributed by atoms with Gasteiger partial charge in [0.25, 0.3) is 5.91 Å². The maximum absolute atomic E-state index is 13.6. The molecule has 0 fully saturated rings. The quantitative estimate of drug-likeness (QED) is 0.412. The van der Waals surface area contributed by atoms with Gasteiger partial charge in [-0.2, -0.15) is 0 Å². The highest BCUT2D eigenvalue weighted by Gasteiger charge is 2.33. The lowest BCUT2D eigenvalue weighted by atomic mass is 10.0. The number of anilines is 1. The number of aromatic hydroxyl groups is 1. The number of nitrogens with zero attached hydrogens (tertiary/aromatic N) is 1. The van der Waals surface area contributed by atoms with Crippen molar-refractivity contribution < 1.29 is 24.2 Å². The predicted molar refractivity (Wildman–Crippen MR) is 140 cm³/mol. The number of phenolic OH excluding ortho intramolecular Hbond substituents is 1. The molecule has 0 aliphatic heterocycles. The zero-order chi connectivity index (χ0) is 26.3. The maximum atomic E-state index is 13.6. The van der Waals surface area contributed by atoms with Crippen LogP contribution in [0.2, 0.25) is 0 Å². The van der Waals surface area contributed by atoms with Gasteiger partial charge in [0.1, 0.15) is 23.9 Å². The van der Waals surface area contributed by atoms with Crippen LogP contribution in [0.3, 0.4) is 0 Å². The highest BCUT2D eigenvalue weighted by molar-refractivity contribution is 6.00. The Morgan fingerprint density at radius 2 is 1.64 bits per heavy atom. The molecule has 3 amide bonds. The topological polar surface area (TPSA) is 108 Å². The highest BCUT2D eigenvalue weighted by Crippen LogP contribution is 2.31. The second-order valence-electron chi connectivity index (χ2n) is 9.46. The number of benzene rings is 3. The third-order valence-electron chi connectivity index (χ3n) is 5.38. The van der Waals surface area contributed by atoms with E-state index in [-0.39, 0.29) is 24.4 Å². The molecule has 190 valence electrons. The monoisotopic (exact) mass is 491 g/mol. The number of nitrogens with one attached hydrogen (secondary N) is 2. The van der Waals surface area contributed by atoms with Crippen molar-refractivity contribution in [3.63, 3.8) is 0 Å². The smallest absolute Gasteiger partial charge is 0.408 e. The lowest BCUT2D eigenvalue weighted by Crippen LogP contribution is -2.46. The molecule has 36 heavy (non-hydrogen) atoms. The van der Waals surface area contributed by atoms with E-state index in [0.717, 1.165) is 10.8 Å². The number of phenols is 1. The SMILES string of the molecule is CCCN(C(=O)CNC(=O)OC(C)(C)C)C(C(=O)Nc1ccc2ccccc2c1)c1ccccc1O. The van der Waals surface area contributed by atoms with Gasteiger partial charge in [-0.15, -0.1) is 0 Å². The van der Waals surface area contributed by atoms with Crippen molar-refractivity contribution in [2.75, 3.05) is 18.4 Å². The molecular formula is C28H33N3O5. The van der Waals surface area contributed by atoms with Gasteiger partial charge in [0.15, 0.2) is 0 Å². The highest BCUT2D eigenvalue weighted by atomic mass is 16.6. The van der Waals surface area contributed by atoms with Crippen LogP contribution in [0.5, 0.6) is 5.75 Å². The standard InChI is InChI=1S/C28H33N3O5/c1-5-16-31(24(33)18-29-27(35)36-28(2,3)4)25(22-12-8-9-13-23(22)32)26(34)30-21-15-14-19-10-6-7-11-20(19)17-21/h6-15,17,25,32H,5,16,18H2,1-4H3,(H,29,35)(H,30,34). The number of alkyl carbamates (subject to hydrolysis) is 1. The number of ether oxygens (including phenoxy) is 1. The van der Waals surface area contributed by atoms with E-state index in [4.69, 9.17) is 4.74 Å². The summed E-state index contributed by atoms with van der Waals surface area (Å²) < 4.78 is 5.21. The van der Waals surface area contributed by atoms with Gasteiger partial charge in [0, 0.05) is 17.8 Å². The molecule has 8 heteroatoms. The van der Waals surface area contributed by atoms with Crippen LogP contribution in [0.15, 0.2) is 66.7 Å². The van der Waals surface area contributed by atoms with Crippen LogP contribution in [0.25, 0.3) is 10.8 Å². The summed E-state index contributed by atoms with van der Waals surface area (Å²) in [5, 5.41) is 17.9. The Labute approximate surface area is 211 Å². The minimum atomic E-state index is -1.12. The molecule has 0 spiro atoms. The molecule has 3 aromatic rings. The van der Waals surface area contributed by atoms with Crippen LogP contribution in [0, 0.1) is 0 Å². The van der Waals surface area contributed by atoms with Gasteiger partial charge in [-0.3, -0.25) is 9.59 Å². The molecule has 0 bridgehead atoms. The Bertz CT molecular complexity index is 1240. The Balaban J connectivity index is 1.89. The van der Waals surface area contributed by atoms with Gasteiger partial charge >= 0.3 is 6.09 Å². The Kier molecular flexibility index (Phi) is 8.53. The van der Waals surface area contributed by atoms with E-state index >= 15 is 0 Å². The number of hydrogen-bond acceptors (Lipinski definition) is 5. The van der Waals surface area contributed by atoms with Crippen molar-refractivity contribution >= 4 is 34.4 Å². The fourth-order valence-electron chi connectivity index (χ4n) is 3.85. The molecule has 0 aromatic heterocycles. The third-order valence-corrected chi connectivity index (χ3v) is 5.38. The summed E-state index contributed by atoms with van der Waals surface area (Å²) in [4.78, 5) is 40.3. The Hall–Kier alpha value is -4.07. The van der Waals surface area contributed by atoms with E-state index in [1.807, 2.05) is 43.3 Å². The molecule has 3 rings (SSSR count). The predicted octanol–water partition coefficient (Wildman–Crippen LogP) is 4.99. The second kappa shape index (κ2) is 11.6. The first kappa shape index (κ1) is 26.5. The molecule has 8 nitrogen and oxygen atoms in total. The molecule has 0 aliphatic rings. The third kappa shape index (κ3) is 6.97. The minimum Gasteiger partial charge on any atom is -0.508 e. The van der Waals surface area contributed by atoms with Crippen LogP contribution in [0.1, 0.15) is 45.7 Å². The fourth-order valence-corrected chi connectivity index (χ4v) is 3.85. The van der Waals surface area contributed by atoms with Crippen LogP contribution < -0.4 is 10.6 Å².